The molecule has 1 amide bonds. The molecule has 1 aliphatic rings. The van der Waals surface area contributed by atoms with Crippen molar-refractivity contribution in [1.29, 1.82) is 0 Å². The standard InChI is InChI=1S/C23H21ClN2O.C2HF3O2/c1-15-9-10-25-22(11-15)18-4-6-20-14-26(16(2)27)23-8-7-21(24)13-19(23)5-3-17(20)12-18;3-2(4,5)1(6)7/h4,6-13H,3,5,14H2,1-2H3;(H,6,7). The van der Waals surface area contributed by atoms with Crippen LogP contribution in [0.3, 0.4) is 0 Å². The first-order valence-corrected chi connectivity index (χ1v) is 10.7. The number of nitrogens with zero attached hydrogens (tertiary/aromatic N) is 2. The van der Waals surface area contributed by atoms with Gasteiger partial charge in [-0.15, -0.1) is 0 Å². The molecule has 2 aromatic carbocycles. The van der Waals surface area contributed by atoms with Crippen molar-refractivity contribution in [2.24, 2.45) is 0 Å². The zero-order valence-electron chi connectivity index (χ0n) is 18.5. The first-order valence-electron chi connectivity index (χ1n) is 10.4. The molecule has 1 N–H and O–H groups in total. The Morgan fingerprint density at radius 1 is 1.00 bits per heavy atom. The van der Waals surface area contributed by atoms with Crippen molar-refractivity contribution in [3.05, 3.63) is 82.0 Å². The molecule has 3 aromatic rings. The van der Waals surface area contributed by atoms with Crippen LogP contribution in [0.5, 0.6) is 0 Å². The minimum atomic E-state index is -5.08. The highest BCUT2D eigenvalue weighted by molar-refractivity contribution is 6.30. The number of carboxylic acid groups (broad SMARTS) is 1. The van der Waals surface area contributed by atoms with Gasteiger partial charge in [-0.05, 0) is 78.4 Å². The predicted octanol–water partition coefficient (Wildman–Crippen LogP) is 6.00. The molecule has 0 aliphatic carbocycles. The molecule has 9 heteroatoms. The normalized spacial score (nSPS) is 12.9. The van der Waals surface area contributed by atoms with Gasteiger partial charge in [0.25, 0.3) is 0 Å². The summed E-state index contributed by atoms with van der Waals surface area (Å²) in [6.07, 6.45) is -1.48. The minimum absolute atomic E-state index is 0.0378. The van der Waals surface area contributed by atoms with E-state index in [-0.39, 0.29) is 5.91 Å². The summed E-state index contributed by atoms with van der Waals surface area (Å²) in [5.74, 6) is -2.72. The molecule has 1 aliphatic heterocycles. The number of fused-ring (bicyclic) bond motifs is 2. The number of carbonyl (C=O) groups excluding carboxylic acids is 1. The maximum absolute atomic E-state index is 12.3. The van der Waals surface area contributed by atoms with Gasteiger partial charge < -0.3 is 10.0 Å². The molecule has 178 valence electrons. The Hall–Kier alpha value is -3.39. The molecule has 0 atom stereocenters. The number of alkyl halides is 3. The molecule has 4 rings (SSSR count). The van der Waals surface area contributed by atoms with Crippen LogP contribution < -0.4 is 4.90 Å². The van der Waals surface area contributed by atoms with Crippen LogP contribution in [0.4, 0.5) is 18.9 Å². The quantitative estimate of drug-likeness (QED) is 0.454. The van der Waals surface area contributed by atoms with E-state index < -0.39 is 12.1 Å². The molecular formula is C25H22ClF3N2O3. The number of anilines is 1. The summed E-state index contributed by atoms with van der Waals surface area (Å²) in [6.45, 7) is 4.26. The number of benzene rings is 2. The van der Waals surface area contributed by atoms with Crippen LogP contribution in [-0.2, 0) is 29.0 Å². The highest BCUT2D eigenvalue weighted by Gasteiger charge is 2.38. The third kappa shape index (κ3) is 6.14. The Morgan fingerprint density at radius 2 is 1.68 bits per heavy atom. The number of amides is 1. The van der Waals surface area contributed by atoms with Crippen LogP contribution in [0.25, 0.3) is 11.3 Å². The first-order chi connectivity index (χ1) is 16.0. The largest absolute Gasteiger partial charge is 0.490 e. The predicted molar refractivity (Wildman–Crippen MR) is 124 cm³/mol. The molecule has 0 unspecified atom stereocenters. The average molecular weight is 491 g/mol. The van der Waals surface area contributed by atoms with Gasteiger partial charge >= 0.3 is 12.1 Å². The van der Waals surface area contributed by atoms with Crippen LogP contribution >= 0.6 is 11.6 Å². The number of hydrogen-bond donors (Lipinski definition) is 1. The molecule has 0 saturated carbocycles. The topological polar surface area (TPSA) is 70.5 Å². The van der Waals surface area contributed by atoms with Crippen LogP contribution in [-0.4, -0.2) is 28.1 Å². The summed E-state index contributed by atoms with van der Waals surface area (Å²) >= 11 is 6.21. The molecule has 0 fully saturated rings. The van der Waals surface area contributed by atoms with E-state index in [4.69, 9.17) is 21.5 Å². The Morgan fingerprint density at radius 3 is 2.29 bits per heavy atom. The van der Waals surface area contributed by atoms with Gasteiger partial charge in [-0.1, -0.05) is 23.7 Å². The number of carbonyl (C=O) groups is 2. The summed E-state index contributed by atoms with van der Waals surface area (Å²) in [4.78, 5) is 27.6. The Bertz CT molecular complexity index is 1230. The third-order valence-corrected chi connectivity index (χ3v) is 5.60. The second kappa shape index (κ2) is 10.3. The van der Waals surface area contributed by atoms with Gasteiger partial charge in [-0.25, -0.2) is 4.79 Å². The number of carboxylic acids is 1. The summed E-state index contributed by atoms with van der Waals surface area (Å²) in [5.41, 5.74) is 7.79. The van der Waals surface area contributed by atoms with Crippen molar-refractivity contribution in [1.82, 2.24) is 4.98 Å². The fourth-order valence-corrected chi connectivity index (χ4v) is 3.88. The first kappa shape index (κ1) is 25.2. The highest BCUT2D eigenvalue weighted by atomic mass is 35.5. The summed E-state index contributed by atoms with van der Waals surface area (Å²) in [5, 5.41) is 7.83. The lowest BCUT2D eigenvalue weighted by Gasteiger charge is -2.28. The van der Waals surface area contributed by atoms with Crippen LogP contribution in [0, 0.1) is 6.92 Å². The smallest absolute Gasteiger partial charge is 0.475 e. The van der Waals surface area contributed by atoms with Crippen LogP contribution in [0.15, 0.2) is 54.7 Å². The molecule has 0 spiro atoms. The van der Waals surface area contributed by atoms with Crippen molar-refractivity contribution in [2.45, 2.75) is 39.4 Å². The summed E-state index contributed by atoms with van der Waals surface area (Å²) in [7, 11) is 0. The highest BCUT2D eigenvalue weighted by Crippen LogP contribution is 2.32. The van der Waals surface area contributed by atoms with E-state index >= 15 is 0 Å². The van der Waals surface area contributed by atoms with Crippen molar-refractivity contribution < 1.29 is 27.9 Å². The molecule has 1 aromatic heterocycles. The second-order valence-corrected chi connectivity index (χ2v) is 8.32. The molecule has 2 heterocycles. The number of hydrogen-bond acceptors (Lipinski definition) is 3. The van der Waals surface area contributed by atoms with Crippen molar-refractivity contribution in [2.75, 3.05) is 4.90 Å². The maximum atomic E-state index is 12.3. The van der Waals surface area contributed by atoms with Gasteiger partial charge in [0.1, 0.15) is 0 Å². The van der Waals surface area contributed by atoms with E-state index in [2.05, 4.69) is 36.2 Å². The van der Waals surface area contributed by atoms with E-state index in [0.29, 0.717) is 11.6 Å². The SMILES string of the molecule is CC(=O)N1Cc2ccc(-c3cc(C)ccn3)cc2CCc2cc(Cl)ccc21.O=C(O)C(F)(F)F. The zero-order valence-corrected chi connectivity index (χ0v) is 19.2. The Kier molecular flexibility index (Phi) is 7.61. The number of pyridine rings is 1. The molecule has 0 radical (unpaired) electrons. The molecular weight excluding hydrogens is 469 g/mol. The van der Waals surface area contributed by atoms with E-state index in [0.717, 1.165) is 35.3 Å². The molecule has 0 saturated heterocycles. The van der Waals surface area contributed by atoms with Gasteiger partial charge in [0.05, 0.1) is 12.2 Å². The van der Waals surface area contributed by atoms with E-state index in [9.17, 15) is 18.0 Å². The number of aryl methyl sites for hydroxylation is 3. The summed E-state index contributed by atoms with van der Waals surface area (Å²) < 4.78 is 31.7. The maximum Gasteiger partial charge on any atom is 0.490 e. The Labute approximate surface area is 199 Å². The van der Waals surface area contributed by atoms with Gasteiger partial charge in [0, 0.05) is 29.4 Å². The third-order valence-electron chi connectivity index (χ3n) is 5.36. The second-order valence-electron chi connectivity index (χ2n) is 7.88. The molecule has 5 nitrogen and oxygen atoms in total. The lowest BCUT2D eigenvalue weighted by Crippen LogP contribution is -2.30. The monoisotopic (exact) mass is 490 g/mol. The van der Waals surface area contributed by atoms with Gasteiger partial charge in [-0.3, -0.25) is 9.78 Å². The van der Waals surface area contributed by atoms with Crippen LogP contribution in [0.1, 0.15) is 29.2 Å². The fraction of sp³-hybridized carbons (Fsp3) is 0.240. The van der Waals surface area contributed by atoms with E-state index in [1.165, 1.54) is 16.7 Å². The fourth-order valence-electron chi connectivity index (χ4n) is 3.69. The number of aliphatic carboxylic acids is 1. The summed E-state index contributed by atoms with van der Waals surface area (Å²) in [6, 6.07) is 16.3. The van der Waals surface area contributed by atoms with Gasteiger partial charge in [-0.2, -0.15) is 13.2 Å². The van der Waals surface area contributed by atoms with Gasteiger partial charge in [0.15, 0.2) is 0 Å². The van der Waals surface area contributed by atoms with Crippen molar-refractivity contribution >= 4 is 29.2 Å². The van der Waals surface area contributed by atoms with E-state index in [1.807, 2.05) is 35.4 Å². The van der Waals surface area contributed by atoms with Crippen molar-refractivity contribution in [3.8, 4) is 11.3 Å². The van der Waals surface area contributed by atoms with Crippen molar-refractivity contribution in [3.63, 3.8) is 0 Å². The minimum Gasteiger partial charge on any atom is -0.475 e. The lowest BCUT2D eigenvalue weighted by molar-refractivity contribution is -0.192. The van der Waals surface area contributed by atoms with Gasteiger partial charge in [0.2, 0.25) is 5.91 Å². The molecule has 0 bridgehead atoms. The molecule has 34 heavy (non-hydrogen) atoms. The number of aromatic nitrogens is 1. The van der Waals surface area contributed by atoms with E-state index in [1.54, 1.807) is 6.92 Å². The Balaban J connectivity index is 0.000000406. The average Bonchev–Trinajstić information content (AvgIpc) is 2.75. The lowest BCUT2D eigenvalue weighted by atomic mass is 9.93. The number of halogens is 4. The zero-order chi connectivity index (χ0) is 25.0. The number of rotatable bonds is 1. The van der Waals surface area contributed by atoms with Crippen LogP contribution in [0.2, 0.25) is 5.02 Å².